The molecular weight excluding hydrogens is 440 g/mol. The van der Waals surface area contributed by atoms with Crippen molar-refractivity contribution in [1.82, 2.24) is 4.90 Å². The van der Waals surface area contributed by atoms with Gasteiger partial charge in [0.1, 0.15) is 0 Å². The summed E-state index contributed by atoms with van der Waals surface area (Å²) in [5, 5.41) is -0.339. The third-order valence-electron chi connectivity index (χ3n) is 6.23. The smallest absolute Gasteiger partial charge is 0.226 e. The summed E-state index contributed by atoms with van der Waals surface area (Å²) < 4.78 is 35.4. The van der Waals surface area contributed by atoms with Crippen LogP contribution in [-0.4, -0.2) is 82.8 Å². The van der Waals surface area contributed by atoms with Crippen LogP contribution < -0.4 is 4.90 Å². The first kappa shape index (κ1) is 27.6. The molecule has 0 saturated carbocycles. The Bertz CT molecular complexity index is 793. The Labute approximate surface area is 200 Å². The molecule has 7 nitrogen and oxygen atoms in total. The molecule has 1 aromatic carbocycles. The summed E-state index contributed by atoms with van der Waals surface area (Å²) in [5.41, 5.74) is 2.08. The lowest BCUT2D eigenvalue weighted by Crippen LogP contribution is -2.41. The van der Waals surface area contributed by atoms with Crippen molar-refractivity contribution >= 4 is 21.4 Å². The second-order valence-electron chi connectivity index (χ2n) is 8.93. The van der Waals surface area contributed by atoms with Gasteiger partial charge in [-0.15, -0.1) is 0 Å². The molecule has 0 radical (unpaired) electrons. The second-order valence-corrected chi connectivity index (χ2v) is 11.5. The molecule has 1 fully saturated rings. The molecule has 1 amide bonds. The minimum atomic E-state index is -3.03. The van der Waals surface area contributed by atoms with Gasteiger partial charge in [-0.25, -0.2) is 8.42 Å². The van der Waals surface area contributed by atoms with Crippen LogP contribution in [0.4, 0.5) is 5.69 Å². The van der Waals surface area contributed by atoms with E-state index in [1.54, 1.807) is 13.8 Å². The van der Waals surface area contributed by atoms with Gasteiger partial charge in [-0.2, -0.15) is 0 Å². The van der Waals surface area contributed by atoms with Crippen LogP contribution in [0.5, 0.6) is 0 Å². The average molecular weight is 483 g/mol. The van der Waals surface area contributed by atoms with Crippen LogP contribution in [0.1, 0.15) is 46.1 Å². The van der Waals surface area contributed by atoms with E-state index in [-0.39, 0.29) is 22.8 Å². The molecule has 1 saturated heterocycles. The van der Waals surface area contributed by atoms with Crippen LogP contribution in [0.25, 0.3) is 0 Å². The Hall–Kier alpha value is -1.64. The molecule has 1 aliphatic rings. The average Bonchev–Trinajstić information content (AvgIpc) is 2.79. The zero-order chi connectivity index (χ0) is 24.3. The van der Waals surface area contributed by atoms with Gasteiger partial charge in [-0.05, 0) is 64.2 Å². The fourth-order valence-corrected chi connectivity index (χ4v) is 5.36. The number of sulfone groups is 1. The number of likely N-dealkylation sites (tertiary alicyclic amines) is 1. The Balaban J connectivity index is 1.87. The highest BCUT2D eigenvalue weighted by Gasteiger charge is 2.28. The fraction of sp³-hybridized carbons (Fsp3) is 0.720. The van der Waals surface area contributed by atoms with Gasteiger partial charge in [-0.1, -0.05) is 12.1 Å². The van der Waals surface area contributed by atoms with Crippen LogP contribution in [-0.2, 0) is 30.5 Å². The third kappa shape index (κ3) is 9.26. The Morgan fingerprint density at radius 1 is 1.03 bits per heavy atom. The second kappa shape index (κ2) is 13.9. The maximum atomic E-state index is 12.8. The van der Waals surface area contributed by atoms with Gasteiger partial charge in [0.2, 0.25) is 5.91 Å². The van der Waals surface area contributed by atoms with Crippen molar-refractivity contribution in [3.05, 3.63) is 29.8 Å². The highest BCUT2D eigenvalue weighted by Crippen LogP contribution is 2.22. The van der Waals surface area contributed by atoms with Crippen molar-refractivity contribution in [2.75, 3.05) is 63.3 Å². The lowest BCUT2D eigenvalue weighted by Gasteiger charge is -2.32. The predicted molar refractivity (Wildman–Crippen MR) is 134 cm³/mol. The van der Waals surface area contributed by atoms with Gasteiger partial charge in [0.25, 0.3) is 0 Å². The molecule has 1 aromatic rings. The largest absolute Gasteiger partial charge is 0.380 e. The molecule has 0 unspecified atom stereocenters. The van der Waals surface area contributed by atoms with Crippen molar-refractivity contribution < 1.29 is 22.7 Å². The maximum Gasteiger partial charge on any atom is 0.226 e. The van der Waals surface area contributed by atoms with Gasteiger partial charge >= 0.3 is 0 Å². The first-order chi connectivity index (χ1) is 15.8. The molecule has 0 atom stereocenters. The third-order valence-corrected chi connectivity index (χ3v) is 8.60. The first-order valence-corrected chi connectivity index (χ1v) is 14.0. The minimum absolute atomic E-state index is 0.109. The van der Waals surface area contributed by atoms with E-state index in [9.17, 15) is 13.2 Å². The first-order valence-electron chi connectivity index (χ1n) is 12.3. The van der Waals surface area contributed by atoms with Gasteiger partial charge in [0.05, 0.1) is 30.6 Å². The molecule has 0 aliphatic carbocycles. The SMILES string of the molecule is CCOCCN(CCOCC)c1ccc(CC(=O)N2CCC(CS(=O)(=O)C(C)C)CC2)cc1. The molecule has 8 heteroatoms. The summed E-state index contributed by atoms with van der Waals surface area (Å²) in [6.07, 6.45) is 1.88. The lowest BCUT2D eigenvalue weighted by atomic mass is 9.98. The van der Waals surface area contributed by atoms with E-state index in [0.29, 0.717) is 45.9 Å². The Morgan fingerprint density at radius 3 is 2.06 bits per heavy atom. The topological polar surface area (TPSA) is 76.2 Å². The number of piperidine rings is 1. The molecule has 0 spiro atoms. The Kier molecular flexibility index (Phi) is 11.6. The van der Waals surface area contributed by atoms with E-state index in [1.165, 1.54) is 0 Å². The highest BCUT2D eigenvalue weighted by molar-refractivity contribution is 7.91. The van der Waals surface area contributed by atoms with Gasteiger partial charge in [-0.3, -0.25) is 4.79 Å². The van der Waals surface area contributed by atoms with Crippen molar-refractivity contribution in [2.45, 2.75) is 52.2 Å². The zero-order valence-electron chi connectivity index (χ0n) is 20.8. The highest BCUT2D eigenvalue weighted by atomic mass is 32.2. The quantitative estimate of drug-likeness (QED) is 0.379. The predicted octanol–water partition coefficient (Wildman–Crippen LogP) is 3.17. The van der Waals surface area contributed by atoms with Gasteiger partial charge in [0.15, 0.2) is 9.84 Å². The van der Waals surface area contributed by atoms with Crippen molar-refractivity contribution in [1.29, 1.82) is 0 Å². The van der Waals surface area contributed by atoms with E-state index in [4.69, 9.17) is 9.47 Å². The number of ether oxygens (including phenoxy) is 2. The van der Waals surface area contributed by atoms with E-state index >= 15 is 0 Å². The summed E-state index contributed by atoms with van der Waals surface area (Å²) in [6.45, 7) is 13.0. The number of nitrogens with zero attached hydrogens (tertiary/aromatic N) is 2. The van der Waals surface area contributed by atoms with E-state index in [0.717, 1.165) is 37.2 Å². The van der Waals surface area contributed by atoms with Crippen molar-refractivity contribution in [3.8, 4) is 0 Å². The van der Waals surface area contributed by atoms with E-state index in [2.05, 4.69) is 17.0 Å². The van der Waals surface area contributed by atoms with E-state index < -0.39 is 9.84 Å². The van der Waals surface area contributed by atoms with Crippen LogP contribution in [0.3, 0.4) is 0 Å². The number of rotatable bonds is 14. The summed E-state index contributed by atoms with van der Waals surface area (Å²) in [7, 11) is -3.03. The lowest BCUT2D eigenvalue weighted by molar-refractivity contribution is -0.131. The molecule has 188 valence electrons. The molecule has 2 rings (SSSR count). The van der Waals surface area contributed by atoms with Crippen molar-refractivity contribution in [3.63, 3.8) is 0 Å². The summed E-state index contributed by atoms with van der Waals surface area (Å²) in [4.78, 5) is 16.9. The number of hydrogen-bond donors (Lipinski definition) is 0. The van der Waals surface area contributed by atoms with E-state index in [1.807, 2.05) is 30.9 Å². The minimum Gasteiger partial charge on any atom is -0.380 e. The molecular formula is C25H42N2O5S. The molecule has 33 heavy (non-hydrogen) atoms. The number of benzene rings is 1. The summed E-state index contributed by atoms with van der Waals surface area (Å²) in [6, 6.07) is 8.15. The molecule has 0 N–H and O–H groups in total. The number of amides is 1. The number of anilines is 1. The monoisotopic (exact) mass is 482 g/mol. The standard InChI is InChI=1S/C25H42N2O5S/c1-5-31-17-15-26(16-18-32-6-2)24-9-7-22(8-10-24)19-25(28)27-13-11-23(12-14-27)20-33(29,30)21(3)4/h7-10,21,23H,5-6,11-20H2,1-4H3. The van der Waals surface area contributed by atoms with Crippen LogP contribution >= 0.6 is 0 Å². The number of hydrogen-bond acceptors (Lipinski definition) is 6. The maximum absolute atomic E-state index is 12.8. The zero-order valence-corrected chi connectivity index (χ0v) is 21.6. The van der Waals surface area contributed by atoms with Crippen LogP contribution in [0.2, 0.25) is 0 Å². The molecule has 0 aromatic heterocycles. The van der Waals surface area contributed by atoms with Crippen LogP contribution in [0, 0.1) is 5.92 Å². The van der Waals surface area contributed by atoms with Crippen molar-refractivity contribution in [2.24, 2.45) is 5.92 Å². The molecule has 1 heterocycles. The molecule has 1 aliphatic heterocycles. The number of carbonyl (C=O) groups is 1. The van der Waals surface area contributed by atoms with Gasteiger partial charge < -0.3 is 19.3 Å². The summed E-state index contributed by atoms with van der Waals surface area (Å²) in [5.74, 6) is 0.495. The number of carbonyl (C=O) groups excluding carboxylic acids is 1. The molecule has 0 bridgehead atoms. The van der Waals surface area contributed by atoms with Crippen LogP contribution in [0.15, 0.2) is 24.3 Å². The summed E-state index contributed by atoms with van der Waals surface area (Å²) >= 11 is 0. The van der Waals surface area contributed by atoms with Gasteiger partial charge in [0, 0.05) is 45.1 Å². The fourth-order valence-electron chi connectivity index (χ4n) is 3.99. The normalized spacial score (nSPS) is 15.2. The Morgan fingerprint density at radius 2 is 1.58 bits per heavy atom.